The van der Waals surface area contributed by atoms with E-state index < -0.39 is 5.25 Å². The second-order valence-electron chi connectivity index (χ2n) is 6.85. The third-order valence-electron chi connectivity index (χ3n) is 4.86. The number of amides is 1. The molecule has 8 heteroatoms. The zero-order chi connectivity index (χ0) is 19.8. The first-order chi connectivity index (χ1) is 13.4. The minimum atomic E-state index is -0.497. The predicted octanol–water partition coefficient (Wildman–Crippen LogP) is 3.74. The Morgan fingerprint density at radius 2 is 1.86 bits per heavy atom. The molecule has 28 heavy (non-hydrogen) atoms. The lowest BCUT2D eigenvalue weighted by Crippen LogP contribution is -2.41. The van der Waals surface area contributed by atoms with Gasteiger partial charge in [-0.2, -0.15) is 0 Å². The normalized spacial score (nSPS) is 18.3. The van der Waals surface area contributed by atoms with Crippen LogP contribution in [-0.2, 0) is 4.79 Å². The zero-order valence-corrected chi connectivity index (χ0v) is 16.5. The number of anilines is 1. The molecule has 0 unspecified atom stereocenters. The molecule has 0 fully saturated rings. The van der Waals surface area contributed by atoms with Crippen molar-refractivity contribution in [2.24, 2.45) is 0 Å². The van der Waals surface area contributed by atoms with Crippen molar-refractivity contribution in [3.63, 3.8) is 0 Å². The van der Waals surface area contributed by atoms with Gasteiger partial charge in [0.1, 0.15) is 16.9 Å². The Morgan fingerprint density at radius 1 is 1.11 bits per heavy atom. The number of thioether (sulfide) groups is 1. The third-order valence-corrected chi connectivity index (χ3v) is 6.08. The average molecular weight is 397 g/mol. The van der Waals surface area contributed by atoms with Crippen LogP contribution in [0.5, 0.6) is 0 Å². The molecule has 0 saturated heterocycles. The molecule has 0 aliphatic carbocycles. The number of carbonyl (C=O) groups is 1. The van der Waals surface area contributed by atoms with Gasteiger partial charge in [0.2, 0.25) is 11.1 Å². The summed E-state index contributed by atoms with van der Waals surface area (Å²) < 4.78 is 15.2. The zero-order valence-electron chi connectivity index (χ0n) is 15.7. The number of hydrogen-bond acceptors (Lipinski definition) is 5. The van der Waals surface area contributed by atoms with Crippen molar-refractivity contribution >= 4 is 23.4 Å². The van der Waals surface area contributed by atoms with Gasteiger partial charge < -0.3 is 10.7 Å². The van der Waals surface area contributed by atoms with Gasteiger partial charge in [-0.05, 0) is 61.7 Å². The molecular weight excluding hydrogens is 377 g/mol. The summed E-state index contributed by atoms with van der Waals surface area (Å²) >= 11 is 1.34. The molecule has 144 valence electrons. The van der Waals surface area contributed by atoms with E-state index in [0.717, 1.165) is 16.8 Å². The first-order valence-electron chi connectivity index (χ1n) is 8.91. The highest BCUT2D eigenvalue weighted by Gasteiger charge is 2.37. The van der Waals surface area contributed by atoms with E-state index >= 15 is 0 Å². The van der Waals surface area contributed by atoms with Crippen LogP contribution < -0.4 is 10.7 Å². The molecule has 2 aromatic carbocycles. The van der Waals surface area contributed by atoms with Gasteiger partial charge in [0, 0.05) is 5.69 Å². The Kier molecular flexibility index (Phi) is 4.80. The number of benzene rings is 2. The quantitative estimate of drug-likeness (QED) is 0.704. The van der Waals surface area contributed by atoms with E-state index in [1.807, 2.05) is 39.0 Å². The number of nitrogens with one attached hydrogen (secondary N) is 2. The minimum Gasteiger partial charge on any atom is -0.325 e. The van der Waals surface area contributed by atoms with Crippen molar-refractivity contribution in [2.45, 2.75) is 37.2 Å². The molecule has 1 aromatic heterocycles. The van der Waals surface area contributed by atoms with Gasteiger partial charge >= 0.3 is 0 Å². The van der Waals surface area contributed by atoms with Crippen LogP contribution in [0.4, 0.5) is 10.1 Å². The number of rotatable bonds is 3. The standard InChI is InChI=1S/C20H20FN5OS/c1-11-4-9-16(10-12(11)2)22-19(27)18-17(14-5-7-15(21)8-6-14)25-26-13(3)23-24-20(26)28-18/h4-10,17-18,25H,1-3H3,(H,22,27)/t17-,18-/m0/s1. The summed E-state index contributed by atoms with van der Waals surface area (Å²) in [6, 6.07) is 11.6. The summed E-state index contributed by atoms with van der Waals surface area (Å²) in [6.45, 7) is 5.87. The van der Waals surface area contributed by atoms with Crippen molar-refractivity contribution in [3.8, 4) is 0 Å². The molecule has 1 aliphatic rings. The van der Waals surface area contributed by atoms with E-state index in [1.54, 1.807) is 16.8 Å². The summed E-state index contributed by atoms with van der Waals surface area (Å²) in [4.78, 5) is 13.1. The van der Waals surface area contributed by atoms with Gasteiger partial charge in [0.25, 0.3) is 0 Å². The second kappa shape index (κ2) is 7.27. The SMILES string of the molecule is Cc1ccc(NC(=O)[C@H]2Sc3nnc(C)n3N[C@H]2c2ccc(F)cc2)cc1C. The molecule has 0 radical (unpaired) electrons. The van der Waals surface area contributed by atoms with Gasteiger partial charge in [-0.15, -0.1) is 10.2 Å². The number of halogens is 1. The number of aryl methyl sites for hydroxylation is 3. The molecule has 0 saturated carbocycles. The Bertz CT molecular complexity index is 1030. The Hall–Kier alpha value is -2.87. The molecule has 1 amide bonds. The molecule has 6 nitrogen and oxygen atoms in total. The summed E-state index contributed by atoms with van der Waals surface area (Å²) in [7, 11) is 0. The van der Waals surface area contributed by atoms with Gasteiger partial charge in [-0.1, -0.05) is 30.0 Å². The summed E-state index contributed by atoms with van der Waals surface area (Å²) in [5, 5.41) is 11.3. The van der Waals surface area contributed by atoms with Gasteiger partial charge in [0.15, 0.2) is 0 Å². The summed E-state index contributed by atoms with van der Waals surface area (Å²) in [5.74, 6) is 0.231. The number of hydrogen-bond donors (Lipinski definition) is 2. The van der Waals surface area contributed by atoms with Gasteiger partial charge in [-0.25, -0.2) is 9.07 Å². The lowest BCUT2D eigenvalue weighted by Gasteiger charge is -2.32. The van der Waals surface area contributed by atoms with E-state index in [1.165, 1.54) is 29.5 Å². The van der Waals surface area contributed by atoms with Crippen LogP contribution in [0.15, 0.2) is 47.6 Å². The summed E-state index contributed by atoms with van der Waals surface area (Å²) in [5.41, 5.74) is 7.14. The third kappa shape index (κ3) is 3.47. The number of fused-ring (bicyclic) bond motifs is 1. The first-order valence-corrected chi connectivity index (χ1v) is 9.79. The highest BCUT2D eigenvalue weighted by atomic mass is 32.2. The van der Waals surface area contributed by atoms with E-state index in [0.29, 0.717) is 11.0 Å². The number of nitrogens with zero attached hydrogens (tertiary/aromatic N) is 3. The maximum atomic E-state index is 13.4. The van der Waals surface area contributed by atoms with Gasteiger partial charge in [0.05, 0.1) is 6.04 Å². The molecule has 1 aliphatic heterocycles. The molecule has 2 atom stereocenters. The highest BCUT2D eigenvalue weighted by molar-refractivity contribution is 8.00. The maximum Gasteiger partial charge on any atom is 0.240 e. The van der Waals surface area contributed by atoms with E-state index in [-0.39, 0.29) is 17.8 Å². The van der Waals surface area contributed by atoms with Crippen LogP contribution in [-0.4, -0.2) is 26.0 Å². The lowest BCUT2D eigenvalue weighted by molar-refractivity contribution is -0.116. The highest BCUT2D eigenvalue weighted by Crippen LogP contribution is 2.37. The Labute approximate surface area is 166 Å². The van der Waals surface area contributed by atoms with Crippen LogP contribution in [0.2, 0.25) is 0 Å². The second-order valence-corrected chi connectivity index (χ2v) is 7.96. The molecule has 2 N–H and O–H groups in total. The molecule has 0 bridgehead atoms. The number of aromatic nitrogens is 3. The number of carbonyl (C=O) groups excluding carboxylic acids is 1. The van der Waals surface area contributed by atoms with E-state index in [2.05, 4.69) is 20.9 Å². The molecule has 2 heterocycles. The fraction of sp³-hybridized carbons (Fsp3) is 0.250. The van der Waals surface area contributed by atoms with E-state index in [9.17, 15) is 9.18 Å². The van der Waals surface area contributed by atoms with E-state index in [4.69, 9.17) is 0 Å². The largest absolute Gasteiger partial charge is 0.325 e. The fourth-order valence-corrected chi connectivity index (χ4v) is 4.24. The van der Waals surface area contributed by atoms with Crippen molar-refractivity contribution in [2.75, 3.05) is 10.7 Å². The summed E-state index contributed by atoms with van der Waals surface area (Å²) in [6.07, 6.45) is 0. The Morgan fingerprint density at radius 3 is 2.57 bits per heavy atom. The average Bonchev–Trinajstić information content (AvgIpc) is 3.04. The van der Waals surface area contributed by atoms with Crippen molar-refractivity contribution < 1.29 is 9.18 Å². The van der Waals surface area contributed by atoms with Crippen molar-refractivity contribution in [1.29, 1.82) is 0 Å². The minimum absolute atomic E-state index is 0.151. The Balaban J connectivity index is 1.65. The maximum absolute atomic E-state index is 13.4. The predicted molar refractivity (Wildman–Crippen MR) is 107 cm³/mol. The van der Waals surface area contributed by atoms with Crippen LogP contribution in [0.25, 0.3) is 0 Å². The smallest absolute Gasteiger partial charge is 0.240 e. The van der Waals surface area contributed by atoms with Crippen molar-refractivity contribution in [3.05, 3.63) is 70.8 Å². The molecule has 4 rings (SSSR count). The first kappa shape index (κ1) is 18.5. The van der Waals surface area contributed by atoms with Crippen LogP contribution in [0.3, 0.4) is 0 Å². The lowest BCUT2D eigenvalue weighted by atomic mass is 10.0. The molecule has 3 aromatic rings. The van der Waals surface area contributed by atoms with Crippen molar-refractivity contribution in [1.82, 2.24) is 14.9 Å². The van der Waals surface area contributed by atoms with Crippen LogP contribution in [0.1, 0.15) is 28.6 Å². The topological polar surface area (TPSA) is 71.8 Å². The monoisotopic (exact) mass is 397 g/mol. The van der Waals surface area contributed by atoms with Crippen LogP contribution in [0, 0.1) is 26.6 Å². The van der Waals surface area contributed by atoms with Crippen LogP contribution >= 0.6 is 11.8 Å². The fourth-order valence-electron chi connectivity index (χ4n) is 3.11. The molecular formula is C20H20FN5OS. The van der Waals surface area contributed by atoms with Gasteiger partial charge in [-0.3, -0.25) is 4.79 Å². The molecule has 0 spiro atoms.